The number of amides is 1. The summed E-state index contributed by atoms with van der Waals surface area (Å²) in [5.74, 6) is -0.523. The van der Waals surface area contributed by atoms with Gasteiger partial charge in [-0.2, -0.15) is 5.26 Å². The maximum Gasteiger partial charge on any atom is 0.240 e. The number of carbonyl (C=O) groups excluding carboxylic acids is 1. The van der Waals surface area contributed by atoms with Gasteiger partial charge in [0, 0.05) is 12.7 Å². The number of thioether (sulfide) groups is 1. The van der Waals surface area contributed by atoms with Crippen molar-refractivity contribution in [3.63, 3.8) is 0 Å². The van der Waals surface area contributed by atoms with Crippen LogP contribution < -0.4 is 4.90 Å². The first-order chi connectivity index (χ1) is 10.7. The van der Waals surface area contributed by atoms with Crippen molar-refractivity contribution < 1.29 is 9.18 Å². The van der Waals surface area contributed by atoms with Crippen LogP contribution in [0.4, 0.5) is 10.1 Å². The van der Waals surface area contributed by atoms with Gasteiger partial charge in [0.15, 0.2) is 0 Å². The Morgan fingerprint density at radius 1 is 1.36 bits per heavy atom. The van der Waals surface area contributed by atoms with Gasteiger partial charge in [-0.3, -0.25) is 4.79 Å². The lowest BCUT2D eigenvalue weighted by Gasteiger charge is -2.17. The van der Waals surface area contributed by atoms with Gasteiger partial charge in [0.25, 0.3) is 0 Å². The molecule has 2 heterocycles. The number of anilines is 1. The summed E-state index contributed by atoms with van der Waals surface area (Å²) in [5, 5.41) is 9.22. The lowest BCUT2D eigenvalue weighted by atomic mass is 10.3. The van der Waals surface area contributed by atoms with E-state index in [4.69, 9.17) is 5.26 Å². The van der Waals surface area contributed by atoms with Crippen LogP contribution in [0.3, 0.4) is 0 Å². The molecule has 0 N–H and O–H groups in total. The molecule has 6 heteroatoms. The second-order valence-electron chi connectivity index (χ2n) is 4.83. The molecular formula is C16H12FN3OS. The highest BCUT2D eigenvalue weighted by Gasteiger charge is 2.34. The van der Waals surface area contributed by atoms with Gasteiger partial charge in [0.2, 0.25) is 5.91 Å². The molecule has 1 aromatic heterocycles. The number of rotatable bonds is 3. The first-order valence-corrected chi connectivity index (χ1v) is 7.66. The maximum absolute atomic E-state index is 13.8. The lowest BCUT2D eigenvalue weighted by Crippen LogP contribution is -2.28. The van der Waals surface area contributed by atoms with Gasteiger partial charge >= 0.3 is 0 Å². The molecule has 0 unspecified atom stereocenters. The summed E-state index contributed by atoms with van der Waals surface area (Å²) in [6.45, 7) is 0.482. The van der Waals surface area contributed by atoms with E-state index in [0.717, 1.165) is 0 Å². The Kier molecular flexibility index (Phi) is 4.07. The topological polar surface area (TPSA) is 57.0 Å². The van der Waals surface area contributed by atoms with E-state index in [9.17, 15) is 9.18 Å². The van der Waals surface area contributed by atoms with Crippen LogP contribution in [-0.2, 0) is 4.79 Å². The summed E-state index contributed by atoms with van der Waals surface area (Å²) in [4.78, 5) is 18.1. The number of aromatic nitrogens is 1. The van der Waals surface area contributed by atoms with Crippen molar-refractivity contribution in [3.05, 3.63) is 54.0 Å². The van der Waals surface area contributed by atoms with Gasteiger partial charge in [-0.25, -0.2) is 9.37 Å². The summed E-state index contributed by atoms with van der Waals surface area (Å²) >= 11 is 1.32. The molecule has 0 radical (unpaired) electrons. The van der Waals surface area contributed by atoms with E-state index >= 15 is 0 Å². The Balaban J connectivity index is 1.77. The molecule has 3 rings (SSSR count). The molecule has 4 nitrogen and oxygen atoms in total. The van der Waals surface area contributed by atoms with Crippen LogP contribution >= 0.6 is 11.8 Å². The second-order valence-corrected chi connectivity index (χ2v) is 6.05. The van der Waals surface area contributed by atoms with Gasteiger partial charge in [-0.15, -0.1) is 0 Å². The van der Waals surface area contributed by atoms with Crippen LogP contribution in [0, 0.1) is 17.1 Å². The van der Waals surface area contributed by atoms with E-state index in [-0.39, 0.29) is 11.2 Å². The van der Waals surface area contributed by atoms with E-state index < -0.39 is 5.82 Å². The van der Waals surface area contributed by atoms with Crippen LogP contribution in [0.25, 0.3) is 0 Å². The number of para-hydroxylation sites is 1. The van der Waals surface area contributed by atoms with Crippen LogP contribution in [0.2, 0.25) is 0 Å². The van der Waals surface area contributed by atoms with Crippen molar-refractivity contribution in [2.75, 3.05) is 11.4 Å². The molecule has 1 fully saturated rings. The van der Waals surface area contributed by atoms with Gasteiger partial charge in [-0.05, 0) is 30.7 Å². The van der Waals surface area contributed by atoms with Crippen molar-refractivity contribution in [1.29, 1.82) is 5.26 Å². The smallest absolute Gasteiger partial charge is 0.240 e. The van der Waals surface area contributed by atoms with E-state index in [0.29, 0.717) is 29.2 Å². The summed E-state index contributed by atoms with van der Waals surface area (Å²) < 4.78 is 13.8. The van der Waals surface area contributed by atoms with Crippen molar-refractivity contribution in [1.82, 2.24) is 4.98 Å². The van der Waals surface area contributed by atoms with Gasteiger partial charge in [0.1, 0.15) is 5.82 Å². The molecule has 0 spiro atoms. The highest BCUT2D eigenvalue weighted by Crippen LogP contribution is 2.33. The molecule has 110 valence electrons. The van der Waals surface area contributed by atoms with Crippen molar-refractivity contribution in [3.8, 4) is 6.07 Å². The van der Waals surface area contributed by atoms with Crippen molar-refractivity contribution >= 4 is 23.4 Å². The van der Waals surface area contributed by atoms with Gasteiger partial charge in [0.05, 0.1) is 27.6 Å². The number of carbonyl (C=O) groups is 1. The zero-order valence-electron chi connectivity index (χ0n) is 11.6. The van der Waals surface area contributed by atoms with Gasteiger partial charge < -0.3 is 4.90 Å². The molecule has 1 atom stereocenters. The minimum atomic E-state index is -0.397. The molecule has 0 bridgehead atoms. The third-order valence-corrected chi connectivity index (χ3v) is 4.61. The number of hydrogen-bond acceptors (Lipinski definition) is 4. The zero-order chi connectivity index (χ0) is 15.5. The quantitative estimate of drug-likeness (QED) is 0.874. The molecule has 1 aromatic carbocycles. The monoisotopic (exact) mass is 313 g/mol. The van der Waals surface area contributed by atoms with Crippen LogP contribution in [-0.4, -0.2) is 22.7 Å². The molecular weight excluding hydrogens is 301 g/mol. The Bertz CT molecular complexity index is 759. The third-order valence-electron chi connectivity index (χ3n) is 3.43. The molecule has 0 aliphatic carbocycles. The van der Waals surface area contributed by atoms with Crippen LogP contribution in [0.1, 0.15) is 12.0 Å². The largest absolute Gasteiger partial charge is 0.309 e. The fourth-order valence-corrected chi connectivity index (χ4v) is 3.42. The molecule has 1 saturated heterocycles. The zero-order valence-corrected chi connectivity index (χ0v) is 12.4. The lowest BCUT2D eigenvalue weighted by molar-refractivity contribution is -0.116. The highest BCUT2D eigenvalue weighted by atomic mass is 32.2. The first kappa shape index (κ1) is 14.5. The number of nitrogens with zero attached hydrogens (tertiary/aromatic N) is 3. The summed E-state index contributed by atoms with van der Waals surface area (Å²) in [6, 6.07) is 11.6. The van der Waals surface area contributed by atoms with Crippen molar-refractivity contribution in [2.45, 2.75) is 16.7 Å². The van der Waals surface area contributed by atoms with E-state index in [1.807, 2.05) is 6.07 Å². The summed E-state index contributed by atoms with van der Waals surface area (Å²) in [7, 11) is 0. The Hall–Kier alpha value is -2.39. The molecule has 1 aliphatic heterocycles. The molecule has 1 aliphatic rings. The van der Waals surface area contributed by atoms with Gasteiger partial charge in [-0.1, -0.05) is 23.9 Å². The number of halogens is 1. The first-order valence-electron chi connectivity index (χ1n) is 6.78. The predicted octanol–water partition coefficient (Wildman–Crippen LogP) is 2.99. The van der Waals surface area contributed by atoms with E-state index in [1.54, 1.807) is 36.5 Å². The minimum Gasteiger partial charge on any atom is -0.309 e. The van der Waals surface area contributed by atoms with Crippen LogP contribution in [0.5, 0.6) is 0 Å². The number of pyridine rings is 1. The minimum absolute atomic E-state index is 0.126. The average molecular weight is 313 g/mol. The standard InChI is InChI=1S/C16H12FN3OS/c17-12-3-1-2-4-13(12)20-8-6-14(16(20)21)22-15-9-11(10-18)5-7-19-15/h1-5,7,9,14H,6,8H2/t14-/m1/s1. The predicted molar refractivity (Wildman–Crippen MR) is 82.0 cm³/mol. The number of hydrogen-bond donors (Lipinski definition) is 0. The summed E-state index contributed by atoms with van der Waals surface area (Å²) in [6.07, 6.45) is 2.17. The fourth-order valence-electron chi connectivity index (χ4n) is 2.36. The SMILES string of the molecule is N#Cc1ccnc(S[C@@H]2CCN(c3ccccc3F)C2=O)c1. The second kappa shape index (κ2) is 6.16. The van der Waals surface area contributed by atoms with E-state index in [2.05, 4.69) is 4.98 Å². The molecule has 0 saturated carbocycles. The molecule has 22 heavy (non-hydrogen) atoms. The normalized spacial score (nSPS) is 17.5. The Morgan fingerprint density at radius 3 is 2.95 bits per heavy atom. The molecule has 2 aromatic rings. The van der Waals surface area contributed by atoms with Crippen LogP contribution in [0.15, 0.2) is 47.6 Å². The molecule has 1 amide bonds. The van der Waals surface area contributed by atoms with E-state index in [1.165, 1.54) is 22.7 Å². The van der Waals surface area contributed by atoms with Crippen molar-refractivity contribution in [2.24, 2.45) is 0 Å². The number of benzene rings is 1. The Morgan fingerprint density at radius 2 is 2.18 bits per heavy atom. The number of nitriles is 1. The Labute approximate surface area is 131 Å². The third kappa shape index (κ3) is 2.81. The fraction of sp³-hybridized carbons (Fsp3) is 0.188. The summed E-state index contributed by atoms with van der Waals surface area (Å²) in [5.41, 5.74) is 0.822. The highest BCUT2D eigenvalue weighted by molar-refractivity contribution is 8.00. The average Bonchev–Trinajstić information content (AvgIpc) is 2.89. The maximum atomic E-state index is 13.8.